The second-order valence-electron chi connectivity index (χ2n) is 3.86. The highest BCUT2D eigenvalue weighted by molar-refractivity contribution is 6.32. The number of nitrogens with one attached hydrogen (secondary N) is 1. The Kier molecular flexibility index (Phi) is 3.87. The Labute approximate surface area is 114 Å². The molecule has 0 saturated carbocycles. The number of nitrogens with two attached hydrogens (primary N) is 1. The van der Waals surface area contributed by atoms with E-state index in [2.05, 4.69) is 5.32 Å². The van der Waals surface area contributed by atoms with E-state index in [4.69, 9.17) is 21.8 Å². The molecule has 0 radical (unpaired) electrons. The third-order valence-electron chi connectivity index (χ3n) is 2.53. The summed E-state index contributed by atoms with van der Waals surface area (Å²) in [4.78, 5) is 22.8. The van der Waals surface area contributed by atoms with Gasteiger partial charge in [-0.3, -0.25) is 9.59 Å². The Hall–Kier alpha value is -2.27. The van der Waals surface area contributed by atoms with E-state index in [0.717, 1.165) is 5.56 Å². The summed E-state index contributed by atoms with van der Waals surface area (Å²) in [6, 6.07) is 8.20. The zero-order valence-corrected chi connectivity index (χ0v) is 10.6. The molecule has 1 aromatic carbocycles. The Morgan fingerprint density at radius 3 is 2.74 bits per heavy atom. The van der Waals surface area contributed by atoms with Gasteiger partial charge in [0.05, 0.1) is 11.8 Å². The van der Waals surface area contributed by atoms with E-state index in [1.807, 2.05) is 0 Å². The first-order valence-corrected chi connectivity index (χ1v) is 5.85. The molecule has 1 aromatic heterocycles. The molecule has 0 atom stereocenters. The molecular weight excluding hydrogens is 268 g/mol. The number of rotatable bonds is 4. The number of primary amides is 1. The average molecular weight is 279 g/mol. The smallest absolute Gasteiger partial charge is 0.256 e. The van der Waals surface area contributed by atoms with Crippen LogP contribution in [0.1, 0.15) is 26.3 Å². The molecule has 0 spiro atoms. The maximum absolute atomic E-state index is 11.8. The molecule has 2 rings (SSSR count). The molecule has 6 heteroatoms. The topological polar surface area (TPSA) is 85.3 Å². The maximum atomic E-state index is 11.8. The predicted molar refractivity (Wildman–Crippen MR) is 69.8 cm³/mol. The van der Waals surface area contributed by atoms with Gasteiger partial charge in [0.15, 0.2) is 0 Å². The van der Waals surface area contributed by atoms with Crippen LogP contribution in [-0.2, 0) is 6.54 Å². The van der Waals surface area contributed by atoms with Gasteiger partial charge in [0.1, 0.15) is 0 Å². The Morgan fingerprint density at radius 2 is 2.11 bits per heavy atom. The van der Waals surface area contributed by atoms with E-state index >= 15 is 0 Å². The van der Waals surface area contributed by atoms with Gasteiger partial charge in [-0.05, 0) is 35.4 Å². The lowest BCUT2D eigenvalue weighted by molar-refractivity contribution is 0.0949. The second-order valence-corrected chi connectivity index (χ2v) is 4.20. The molecular formula is C13H11ClN2O3. The summed E-state index contributed by atoms with van der Waals surface area (Å²) in [6.45, 7) is 0.265. The predicted octanol–water partition coefficient (Wildman–Crippen LogP) is 1.96. The summed E-state index contributed by atoms with van der Waals surface area (Å²) in [5.74, 6) is -0.853. The molecule has 0 bridgehead atoms. The van der Waals surface area contributed by atoms with Gasteiger partial charge in [0.2, 0.25) is 11.1 Å². The van der Waals surface area contributed by atoms with Crippen LogP contribution in [0.25, 0.3) is 0 Å². The van der Waals surface area contributed by atoms with E-state index in [1.54, 1.807) is 24.3 Å². The largest absolute Gasteiger partial charge is 0.452 e. The van der Waals surface area contributed by atoms with Crippen LogP contribution in [0, 0.1) is 0 Å². The lowest BCUT2D eigenvalue weighted by atomic mass is 10.1. The fourth-order valence-corrected chi connectivity index (χ4v) is 1.77. The lowest BCUT2D eigenvalue weighted by Gasteiger charge is -2.05. The van der Waals surface area contributed by atoms with Gasteiger partial charge < -0.3 is 15.5 Å². The number of carbonyl (C=O) groups is 2. The highest BCUT2D eigenvalue weighted by Crippen LogP contribution is 2.16. The quantitative estimate of drug-likeness (QED) is 0.896. The van der Waals surface area contributed by atoms with Crippen LogP contribution in [0.2, 0.25) is 5.22 Å². The molecule has 0 aliphatic carbocycles. The number of halogens is 1. The van der Waals surface area contributed by atoms with Crippen molar-refractivity contribution in [3.63, 3.8) is 0 Å². The first-order valence-electron chi connectivity index (χ1n) is 5.48. The van der Waals surface area contributed by atoms with Crippen molar-refractivity contribution in [2.75, 3.05) is 0 Å². The van der Waals surface area contributed by atoms with Crippen molar-refractivity contribution in [2.24, 2.45) is 5.73 Å². The summed E-state index contributed by atoms with van der Waals surface area (Å²) in [5, 5.41) is 2.72. The second kappa shape index (κ2) is 5.58. The zero-order valence-electron chi connectivity index (χ0n) is 9.85. The van der Waals surface area contributed by atoms with Crippen LogP contribution in [0.4, 0.5) is 0 Å². The highest BCUT2D eigenvalue weighted by Gasteiger charge is 2.12. The summed E-state index contributed by atoms with van der Waals surface area (Å²) >= 11 is 5.69. The Bertz CT molecular complexity index is 622. The van der Waals surface area contributed by atoms with Gasteiger partial charge >= 0.3 is 0 Å². The van der Waals surface area contributed by atoms with E-state index < -0.39 is 5.91 Å². The van der Waals surface area contributed by atoms with Crippen molar-refractivity contribution in [1.29, 1.82) is 0 Å². The minimum Gasteiger partial charge on any atom is -0.452 e. The molecule has 0 fully saturated rings. The third kappa shape index (κ3) is 3.14. The van der Waals surface area contributed by atoms with Gasteiger partial charge in [-0.1, -0.05) is 12.1 Å². The van der Waals surface area contributed by atoms with E-state index in [9.17, 15) is 9.59 Å². The van der Waals surface area contributed by atoms with Crippen molar-refractivity contribution in [3.8, 4) is 0 Å². The van der Waals surface area contributed by atoms with Crippen LogP contribution in [0.15, 0.2) is 41.0 Å². The molecule has 2 aromatic rings. The standard InChI is InChI=1S/C13H11ClN2O3/c14-11-10(4-5-19-11)13(18)16-7-8-2-1-3-9(6-8)12(15)17/h1-6H,7H2,(H2,15,17)(H,16,18). The van der Waals surface area contributed by atoms with Crippen molar-refractivity contribution in [3.05, 3.63) is 58.5 Å². The highest BCUT2D eigenvalue weighted by atomic mass is 35.5. The van der Waals surface area contributed by atoms with Crippen LogP contribution >= 0.6 is 11.6 Å². The number of hydrogen-bond donors (Lipinski definition) is 2. The van der Waals surface area contributed by atoms with Crippen LogP contribution in [0.5, 0.6) is 0 Å². The van der Waals surface area contributed by atoms with E-state index in [-0.39, 0.29) is 23.2 Å². The van der Waals surface area contributed by atoms with Gasteiger partial charge in [-0.25, -0.2) is 0 Å². The molecule has 5 nitrogen and oxygen atoms in total. The monoisotopic (exact) mass is 278 g/mol. The molecule has 3 N–H and O–H groups in total. The number of benzene rings is 1. The van der Waals surface area contributed by atoms with Crippen molar-refractivity contribution in [2.45, 2.75) is 6.54 Å². The van der Waals surface area contributed by atoms with Gasteiger partial charge in [0.25, 0.3) is 5.91 Å². The van der Waals surface area contributed by atoms with Crippen molar-refractivity contribution >= 4 is 23.4 Å². The molecule has 0 aliphatic heterocycles. The van der Waals surface area contributed by atoms with Crippen LogP contribution in [-0.4, -0.2) is 11.8 Å². The first-order chi connectivity index (χ1) is 9.08. The maximum Gasteiger partial charge on any atom is 0.256 e. The normalized spacial score (nSPS) is 10.2. The number of furan rings is 1. The van der Waals surface area contributed by atoms with Gasteiger partial charge in [-0.15, -0.1) is 0 Å². The number of carbonyl (C=O) groups excluding carboxylic acids is 2. The molecule has 0 unspecified atom stereocenters. The SMILES string of the molecule is NC(=O)c1cccc(CNC(=O)c2ccoc2Cl)c1. The van der Waals surface area contributed by atoms with Crippen molar-refractivity contribution < 1.29 is 14.0 Å². The minimum absolute atomic E-state index is 0.0448. The van der Waals surface area contributed by atoms with Crippen molar-refractivity contribution in [1.82, 2.24) is 5.32 Å². The lowest BCUT2D eigenvalue weighted by Crippen LogP contribution is -2.22. The summed E-state index contributed by atoms with van der Waals surface area (Å²) in [6.07, 6.45) is 1.34. The molecule has 0 saturated heterocycles. The van der Waals surface area contributed by atoms with Gasteiger partial charge in [-0.2, -0.15) is 0 Å². The molecule has 1 heterocycles. The number of hydrogen-bond acceptors (Lipinski definition) is 3. The average Bonchev–Trinajstić information content (AvgIpc) is 2.82. The summed E-state index contributed by atoms with van der Waals surface area (Å²) in [5.41, 5.74) is 6.61. The summed E-state index contributed by atoms with van der Waals surface area (Å²) < 4.78 is 4.83. The Morgan fingerprint density at radius 1 is 1.32 bits per heavy atom. The van der Waals surface area contributed by atoms with E-state index in [1.165, 1.54) is 12.3 Å². The zero-order chi connectivity index (χ0) is 13.8. The fraction of sp³-hybridized carbons (Fsp3) is 0.0769. The minimum atomic E-state index is -0.508. The molecule has 0 aliphatic rings. The number of amides is 2. The fourth-order valence-electron chi connectivity index (χ4n) is 1.57. The Balaban J connectivity index is 2.03. The van der Waals surface area contributed by atoms with E-state index in [0.29, 0.717) is 5.56 Å². The van der Waals surface area contributed by atoms with Crippen LogP contribution < -0.4 is 11.1 Å². The van der Waals surface area contributed by atoms with Crippen LogP contribution in [0.3, 0.4) is 0 Å². The first kappa shape index (κ1) is 13.2. The molecule has 98 valence electrons. The molecule has 2 amide bonds. The third-order valence-corrected chi connectivity index (χ3v) is 2.82. The molecule has 19 heavy (non-hydrogen) atoms. The van der Waals surface area contributed by atoms with Gasteiger partial charge in [0, 0.05) is 12.1 Å². The summed E-state index contributed by atoms with van der Waals surface area (Å²) in [7, 11) is 0.